The largest absolute Gasteiger partial charge is 0.444 e. The number of ether oxygens (including phenoxy) is 2. The summed E-state index contributed by atoms with van der Waals surface area (Å²) in [5, 5.41) is 17.7. The lowest BCUT2D eigenvalue weighted by Crippen LogP contribution is -2.35. The molecule has 0 bridgehead atoms. The number of nitriles is 1. The van der Waals surface area contributed by atoms with Crippen molar-refractivity contribution in [2.24, 2.45) is 0 Å². The molecule has 33 heavy (non-hydrogen) atoms. The SMILES string of the molecule is CC(C)(C)OC(=O)NCCCNCCCCN(CCCC#N)CCCNC(=O)OC(C)(C)C. The van der Waals surface area contributed by atoms with Gasteiger partial charge in [0.1, 0.15) is 11.2 Å². The lowest BCUT2D eigenvalue weighted by Gasteiger charge is -2.23. The Hall–Kier alpha value is -2.05. The first kappa shape index (κ1) is 30.9. The van der Waals surface area contributed by atoms with Crippen LogP contribution in [0.15, 0.2) is 0 Å². The number of alkyl carbamates (subject to hydrolysis) is 2. The molecule has 0 aromatic heterocycles. The molecule has 0 saturated carbocycles. The van der Waals surface area contributed by atoms with Crippen LogP contribution in [-0.2, 0) is 9.47 Å². The average Bonchev–Trinajstić information content (AvgIpc) is 2.66. The third kappa shape index (κ3) is 22.9. The van der Waals surface area contributed by atoms with Gasteiger partial charge in [-0.1, -0.05) is 0 Å². The highest BCUT2D eigenvalue weighted by Gasteiger charge is 2.16. The molecule has 192 valence electrons. The van der Waals surface area contributed by atoms with Crippen molar-refractivity contribution in [2.45, 2.75) is 91.3 Å². The van der Waals surface area contributed by atoms with Gasteiger partial charge < -0.3 is 30.3 Å². The van der Waals surface area contributed by atoms with E-state index in [1.807, 2.05) is 41.5 Å². The van der Waals surface area contributed by atoms with Gasteiger partial charge in [0.15, 0.2) is 0 Å². The summed E-state index contributed by atoms with van der Waals surface area (Å²) < 4.78 is 10.4. The number of nitrogens with zero attached hydrogens (tertiary/aromatic N) is 2. The molecule has 0 aromatic carbocycles. The van der Waals surface area contributed by atoms with Crippen LogP contribution in [0.25, 0.3) is 0 Å². The number of unbranched alkanes of at least 4 members (excludes halogenated alkanes) is 2. The highest BCUT2D eigenvalue weighted by atomic mass is 16.6. The van der Waals surface area contributed by atoms with Crippen LogP contribution in [0.3, 0.4) is 0 Å². The average molecular weight is 470 g/mol. The fourth-order valence-corrected chi connectivity index (χ4v) is 2.95. The highest BCUT2D eigenvalue weighted by Crippen LogP contribution is 2.07. The van der Waals surface area contributed by atoms with Crippen molar-refractivity contribution in [3.05, 3.63) is 0 Å². The predicted molar refractivity (Wildman–Crippen MR) is 131 cm³/mol. The number of carbonyl (C=O) groups excluding carboxylic acids is 2. The first-order chi connectivity index (χ1) is 15.4. The van der Waals surface area contributed by atoms with E-state index in [0.29, 0.717) is 19.5 Å². The predicted octanol–water partition coefficient (Wildman–Crippen LogP) is 3.79. The van der Waals surface area contributed by atoms with Crippen LogP contribution in [0.1, 0.15) is 80.1 Å². The van der Waals surface area contributed by atoms with Gasteiger partial charge in [0.2, 0.25) is 0 Å². The van der Waals surface area contributed by atoms with E-state index >= 15 is 0 Å². The Morgan fingerprint density at radius 3 is 1.76 bits per heavy atom. The Morgan fingerprint density at radius 1 is 0.727 bits per heavy atom. The second-order valence-corrected chi connectivity index (χ2v) is 10.1. The van der Waals surface area contributed by atoms with E-state index in [2.05, 4.69) is 26.9 Å². The maximum Gasteiger partial charge on any atom is 0.407 e. The first-order valence-corrected chi connectivity index (χ1v) is 12.2. The van der Waals surface area contributed by atoms with Crippen molar-refractivity contribution in [1.82, 2.24) is 20.9 Å². The standard InChI is InChI=1S/C24H47N5O4/c1-23(2,3)32-21(30)27-16-11-15-26-14-8-10-19-29(18-9-7-13-25)20-12-17-28-22(31)33-24(4,5)6/h26H,7-12,14-20H2,1-6H3,(H,27,30)(H,28,31). The van der Waals surface area contributed by atoms with Crippen molar-refractivity contribution in [1.29, 1.82) is 5.26 Å². The summed E-state index contributed by atoms with van der Waals surface area (Å²) in [6.07, 6.45) is 4.48. The van der Waals surface area contributed by atoms with Crippen LogP contribution in [0.5, 0.6) is 0 Å². The van der Waals surface area contributed by atoms with E-state index in [4.69, 9.17) is 14.7 Å². The van der Waals surface area contributed by atoms with Gasteiger partial charge in [0.25, 0.3) is 0 Å². The summed E-state index contributed by atoms with van der Waals surface area (Å²) >= 11 is 0. The van der Waals surface area contributed by atoms with E-state index in [-0.39, 0.29) is 12.2 Å². The molecule has 0 fully saturated rings. The smallest absolute Gasteiger partial charge is 0.407 e. The van der Waals surface area contributed by atoms with Gasteiger partial charge in [-0.3, -0.25) is 0 Å². The van der Waals surface area contributed by atoms with E-state index in [0.717, 1.165) is 64.8 Å². The molecule has 0 aliphatic rings. The molecule has 2 amide bonds. The number of amides is 2. The zero-order chi connectivity index (χ0) is 25.2. The number of hydrogen-bond donors (Lipinski definition) is 3. The van der Waals surface area contributed by atoms with E-state index in [1.165, 1.54) is 0 Å². The molecule has 0 aliphatic carbocycles. The quantitative estimate of drug-likeness (QED) is 0.295. The molecular formula is C24H47N5O4. The maximum atomic E-state index is 11.7. The summed E-state index contributed by atoms with van der Waals surface area (Å²) in [5.41, 5.74) is -0.963. The highest BCUT2D eigenvalue weighted by molar-refractivity contribution is 5.67. The molecule has 9 nitrogen and oxygen atoms in total. The Bertz CT molecular complexity index is 579. The summed E-state index contributed by atoms with van der Waals surface area (Å²) in [5.74, 6) is 0. The zero-order valence-electron chi connectivity index (χ0n) is 21.7. The van der Waals surface area contributed by atoms with E-state index in [1.54, 1.807) is 0 Å². The Balaban J connectivity index is 3.90. The summed E-state index contributed by atoms with van der Waals surface area (Å²) in [7, 11) is 0. The fraction of sp³-hybridized carbons (Fsp3) is 0.875. The van der Waals surface area contributed by atoms with Crippen molar-refractivity contribution >= 4 is 12.2 Å². The van der Waals surface area contributed by atoms with Crippen LogP contribution in [0.4, 0.5) is 9.59 Å². The minimum Gasteiger partial charge on any atom is -0.444 e. The molecule has 9 heteroatoms. The van der Waals surface area contributed by atoms with Crippen LogP contribution in [0.2, 0.25) is 0 Å². The Labute approximate surface area is 200 Å². The molecule has 0 atom stereocenters. The van der Waals surface area contributed by atoms with Gasteiger partial charge in [-0.2, -0.15) is 5.26 Å². The molecule has 0 aliphatic heterocycles. The number of rotatable bonds is 16. The second-order valence-electron chi connectivity index (χ2n) is 10.1. The minimum absolute atomic E-state index is 0.375. The molecular weight excluding hydrogens is 422 g/mol. The number of carbonyl (C=O) groups is 2. The van der Waals surface area contributed by atoms with Crippen molar-refractivity contribution in [3.8, 4) is 6.07 Å². The topological polar surface area (TPSA) is 116 Å². The molecule has 0 aromatic rings. The molecule has 0 saturated heterocycles. The van der Waals surface area contributed by atoms with Gasteiger partial charge in [-0.05, 0) is 106 Å². The van der Waals surface area contributed by atoms with Crippen LogP contribution in [-0.4, -0.2) is 74.1 Å². The lowest BCUT2D eigenvalue weighted by molar-refractivity contribution is 0.0514. The monoisotopic (exact) mass is 469 g/mol. The molecule has 0 unspecified atom stereocenters. The number of hydrogen-bond acceptors (Lipinski definition) is 7. The summed E-state index contributed by atoms with van der Waals surface area (Å²) in [4.78, 5) is 25.7. The third-order valence-electron chi connectivity index (χ3n) is 4.36. The third-order valence-corrected chi connectivity index (χ3v) is 4.36. The van der Waals surface area contributed by atoms with E-state index < -0.39 is 11.2 Å². The molecule has 0 heterocycles. The van der Waals surface area contributed by atoms with Crippen molar-refractivity contribution < 1.29 is 19.1 Å². The molecule has 3 N–H and O–H groups in total. The summed E-state index contributed by atoms with van der Waals surface area (Å²) in [6, 6.07) is 2.20. The summed E-state index contributed by atoms with van der Waals surface area (Å²) in [6.45, 7) is 16.8. The van der Waals surface area contributed by atoms with Gasteiger partial charge in [-0.15, -0.1) is 0 Å². The number of nitrogens with one attached hydrogen (secondary N) is 3. The van der Waals surface area contributed by atoms with Gasteiger partial charge >= 0.3 is 12.2 Å². The zero-order valence-corrected chi connectivity index (χ0v) is 21.7. The fourth-order valence-electron chi connectivity index (χ4n) is 2.95. The van der Waals surface area contributed by atoms with E-state index in [9.17, 15) is 9.59 Å². The lowest BCUT2D eigenvalue weighted by atomic mass is 10.2. The first-order valence-electron chi connectivity index (χ1n) is 12.2. The van der Waals surface area contributed by atoms with Gasteiger partial charge in [0, 0.05) is 19.5 Å². The van der Waals surface area contributed by atoms with Crippen molar-refractivity contribution in [3.63, 3.8) is 0 Å². The molecule has 0 radical (unpaired) electrons. The van der Waals surface area contributed by atoms with Gasteiger partial charge in [0.05, 0.1) is 6.07 Å². The van der Waals surface area contributed by atoms with Crippen LogP contribution >= 0.6 is 0 Å². The van der Waals surface area contributed by atoms with Gasteiger partial charge in [-0.25, -0.2) is 9.59 Å². The molecule has 0 spiro atoms. The second kappa shape index (κ2) is 17.4. The Kier molecular flexibility index (Phi) is 16.3. The van der Waals surface area contributed by atoms with Crippen molar-refractivity contribution in [2.75, 3.05) is 45.8 Å². The Morgan fingerprint density at radius 2 is 1.21 bits per heavy atom. The van der Waals surface area contributed by atoms with Crippen LogP contribution in [0, 0.1) is 11.3 Å². The van der Waals surface area contributed by atoms with Crippen LogP contribution < -0.4 is 16.0 Å². The maximum absolute atomic E-state index is 11.7. The molecule has 0 rings (SSSR count). The normalized spacial score (nSPS) is 11.7. The minimum atomic E-state index is -0.490.